The van der Waals surface area contributed by atoms with Crippen molar-refractivity contribution in [2.45, 2.75) is 19.3 Å². The van der Waals surface area contributed by atoms with Crippen LogP contribution in [0.5, 0.6) is 0 Å². The van der Waals surface area contributed by atoms with E-state index in [0.29, 0.717) is 6.42 Å². The van der Waals surface area contributed by atoms with Crippen molar-refractivity contribution >= 4 is 28.8 Å². The van der Waals surface area contributed by atoms with E-state index in [-0.39, 0.29) is 6.42 Å². The van der Waals surface area contributed by atoms with Gasteiger partial charge in [0.15, 0.2) is 6.61 Å². The molecule has 7 nitrogen and oxygen atoms in total. The number of primary amides is 1. The number of ether oxygens (including phenoxy) is 1. The maximum Gasteiger partial charge on any atom is 0.318 e. The number of nitrogens with two attached hydrogens (primary N) is 1. The van der Waals surface area contributed by atoms with Crippen molar-refractivity contribution in [1.29, 1.82) is 0 Å². The van der Waals surface area contributed by atoms with Crippen molar-refractivity contribution in [3.63, 3.8) is 0 Å². The Morgan fingerprint density at radius 1 is 1.23 bits per heavy atom. The van der Waals surface area contributed by atoms with E-state index in [1.807, 2.05) is 35.8 Å². The van der Waals surface area contributed by atoms with Crippen molar-refractivity contribution in [2.24, 2.45) is 5.73 Å². The Balaban J connectivity index is 1.73. The number of aryl methyl sites for hydroxylation is 1. The number of hydrogen-bond donors (Lipinski definition) is 3. The summed E-state index contributed by atoms with van der Waals surface area (Å²) in [4.78, 5) is 36.2. The lowest BCUT2D eigenvalue weighted by Crippen LogP contribution is -2.37. The predicted octanol–water partition coefficient (Wildman–Crippen LogP) is 1.23. The standard InChI is InChI=1S/C15H17N3O4/c16-15(21)18-13(19)9-22-14(20)7-3-4-10-8-17-12-6-2-1-5-11(10)12/h1-2,5-6,8,17H,3-4,7,9H2,(H3,16,18,19,21). The van der Waals surface area contributed by atoms with Crippen LogP contribution in [0.3, 0.4) is 0 Å². The van der Waals surface area contributed by atoms with Gasteiger partial charge in [-0.15, -0.1) is 0 Å². The third-order valence-electron chi connectivity index (χ3n) is 3.13. The van der Waals surface area contributed by atoms with Gasteiger partial charge < -0.3 is 15.5 Å². The number of esters is 1. The van der Waals surface area contributed by atoms with Crippen LogP contribution in [0.1, 0.15) is 18.4 Å². The molecule has 2 aromatic rings. The zero-order valence-electron chi connectivity index (χ0n) is 11.9. The number of aromatic amines is 1. The van der Waals surface area contributed by atoms with Crippen LogP contribution in [0.4, 0.5) is 4.79 Å². The quantitative estimate of drug-likeness (QED) is 0.696. The first-order valence-corrected chi connectivity index (χ1v) is 6.86. The normalized spacial score (nSPS) is 10.4. The van der Waals surface area contributed by atoms with Crippen LogP contribution >= 0.6 is 0 Å². The Hall–Kier alpha value is -2.83. The molecule has 0 aliphatic rings. The Bertz CT molecular complexity index is 693. The van der Waals surface area contributed by atoms with Crippen molar-refractivity contribution in [1.82, 2.24) is 10.3 Å². The van der Waals surface area contributed by atoms with E-state index in [4.69, 9.17) is 10.5 Å². The van der Waals surface area contributed by atoms with Crippen molar-refractivity contribution in [3.05, 3.63) is 36.0 Å². The summed E-state index contributed by atoms with van der Waals surface area (Å²) in [6.45, 7) is -0.505. The van der Waals surface area contributed by atoms with E-state index in [0.717, 1.165) is 22.9 Å². The van der Waals surface area contributed by atoms with Crippen molar-refractivity contribution in [3.8, 4) is 0 Å². The maximum atomic E-state index is 11.5. The molecule has 0 radical (unpaired) electrons. The Labute approximate surface area is 126 Å². The van der Waals surface area contributed by atoms with Crippen LogP contribution in [0, 0.1) is 0 Å². The molecule has 0 aliphatic heterocycles. The summed E-state index contributed by atoms with van der Waals surface area (Å²) in [5, 5.41) is 2.95. The zero-order valence-corrected chi connectivity index (χ0v) is 11.9. The number of nitrogens with one attached hydrogen (secondary N) is 2. The molecule has 0 atom stereocenters. The molecular formula is C15H17N3O4. The molecule has 0 aliphatic carbocycles. The smallest absolute Gasteiger partial charge is 0.318 e. The summed E-state index contributed by atoms with van der Waals surface area (Å²) in [5.41, 5.74) is 6.96. The predicted molar refractivity (Wildman–Crippen MR) is 79.9 cm³/mol. The molecule has 0 unspecified atom stereocenters. The number of benzene rings is 1. The maximum absolute atomic E-state index is 11.5. The highest BCUT2D eigenvalue weighted by Gasteiger charge is 2.09. The zero-order chi connectivity index (χ0) is 15.9. The molecule has 1 aromatic heterocycles. The Morgan fingerprint density at radius 2 is 2.00 bits per heavy atom. The summed E-state index contributed by atoms with van der Waals surface area (Å²) in [6.07, 6.45) is 3.46. The van der Waals surface area contributed by atoms with E-state index < -0.39 is 24.5 Å². The molecule has 22 heavy (non-hydrogen) atoms. The molecular weight excluding hydrogens is 286 g/mol. The van der Waals surface area contributed by atoms with Crippen LogP contribution < -0.4 is 11.1 Å². The fourth-order valence-electron chi connectivity index (χ4n) is 2.15. The molecule has 1 aromatic carbocycles. The topological polar surface area (TPSA) is 114 Å². The van der Waals surface area contributed by atoms with Crippen LogP contribution in [0.2, 0.25) is 0 Å². The second-order valence-electron chi connectivity index (χ2n) is 4.79. The Kier molecular flexibility index (Phi) is 5.13. The number of carbonyl (C=O) groups is 3. The second-order valence-corrected chi connectivity index (χ2v) is 4.79. The lowest BCUT2D eigenvalue weighted by Gasteiger charge is -2.04. The van der Waals surface area contributed by atoms with Gasteiger partial charge in [0.1, 0.15) is 0 Å². The number of imide groups is 1. The summed E-state index contributed by atoms with van der Waals surface area (Å²) in [6, 6.07) is 6.96. The number of carbonyl (C=O) groups excluding carboxylic acids is 3. The SMILES string of the molecule is NC(=O)NC(=O)COC(=O)CCCc1c[nH]c2ccccc12. The minimum atomic E-state index is -0.972. The average molecular weight is 303 g/mol. The third kappa shape index (κ3) is 4.34. The highest BCUT2D eigenvalue weighted by molar-refractivity contribution is 5.94. The fraction of sp³-hybridized carbons (Fsp3) is 0.267. The van der Waals surface area contributed by atoms with E-state index in [9.17, 15) is 14.4 Å². The number of fused-ring (bicyclic) bond motifs is 1. The van der Waals surface area contributed by atoms with E-state index in [2.05, 4.69) is 4.98 Å². The summed E-state index contributed by atoms with van der Waals surface area (Å²) in [5.74, 6) is -1.23. The highest BCUT2D eigenvalue weighted by Crippen LogP contribution is 2.19. The summed E-state index contributed by atoms with van der Waals surface area (Å²) >= 11 is 0. The van der Waals surface area contributed by atoms with Crippen LogP contribution in [-0.2, 0) is 20.7 Å². The van der Waals surface area contributed by atoms with Crippen LogP contribution in [0.25, 0.3) is 10.9 Å². The number of H-pyrrole nitrogens is 1. The summed E-state index contributed by atoms with van der Waals surface area (Å²) in [7, 11) is 0. The first-order chi connectivity index (χ1) is 10.6. The van der Waals surface area contributed by atoms with E-state index >= 15 is 0 Å². The molecule has 0 spiro atoms. The molecule has 116 valence electrons. The van der Waals surface area contributed by atoms with Gasteiger partial charge in [-0.2, -0.15) is 0 Å². The highest BCUT2D eigenvalue weighted by atomic mass is 16.5. The molecule has 7 heteroatoms. The molecule has 1 heterocycles. The van der Waals surface area contributed by atoms with E-state index in [1.165, 1.54) is 0 Å². The van der Waals surface area contributed by atoms with Gasteiger partial charge >= 0.3 is 12.0 Å². The minimum Gasteiger partial charge on any atom is -0.456 e. The monoisotopic (exact) mass is 303 g/mol. The molecule has 0 saturated heterocycles. The first kappa shape index (κ1) is 15.6. The number of hydrogen-bond acceptors (Lipinski definition) is 4. The van der Waals surface area contributed by atoms with Gasteiger partial charge in [0.2, 0.25) is 0 Å². The molecule has 0 fully saturated rings. The molecule has 0 bridgehead atoms. The molecule has 2 rings (SSSR count). The number of amides is 3. The van der Waals surface area contributed by atoms with Gasteiger partial charge in [-0.25, -0.2) is 4.79 Å². The molecule has 4 N–H and O–H groups in total. The first-order valence-electron chi connectivity index (χ1n) is 6.86. The number of para-hydroxylation sites is 1. The summed E-state index contributed by atoms with van der Waals surface area (Å²) < 4.78 is 4.75. The van der Waals surface area contributed by atoms with Crippen molar-refractivity contribution < 1.29 is 19.1 Å². The van der Waals surface area contributed by atoms with E-state index in [1.54, 1.807) is 0 Å². The number of rotatable bonds is 6. The number of urea groups is 1. The van der Waals surface area contributed by atoms with Crippen LogP contribution in [-0.4, -0.2) is 29.5 Å². The fourth-order valence-corrected chi connectivity index (χ4v) is 2.15. The third-order valence-corrected chi connectivity index (χ3v) is 3.13. The number of aromatic nitrogens is 1. The van der Waals surface area contributed by atoms with Gasteiger partial charge in [0.25, 0.3) is 5.91 Å². The minimum absolute atomic E-state index is 0.198. The average Bonchev–Trinajstić information content (AvgIpc) is 2.88. The van der Waals surface area contributed by atoms with Gasteiger partial charge in [-0.05, 0) is 24.5 Å². The largest absolute Gasteiger partial charge is 0.456 e. The second kappa shape index (κ2) is 7.26. The Morgan fingerprint density at radius 3 is 2.77 bits per heavy atom. The lowest BCUT2D eigenvalue weighted by atomic mass is 10.1. The molecule has 0 saturated carbocycles. The molecule has 3 amide bonds. The van der Waals surface area contributed by atoms with Gasteiger partial charge in [-0.3, -0.25) is 14.9 Å². The lowest BCUT2D eigenvalue weighted by molar-refractivity contribution is -0.148. The van der Waals surface area contributed by atoms with Gasteiger partial charge in [0.05, 0.1) is 0 Å². The van der Waals surface area contributed by atoms with Crippen molar-refractivity contribution in [2.75, 3.05) is 6.61 Å². The van der Waals surface area contributed by atoms with Crippen LogP contribution in [0.15, 0.2) is 30.5 Å². The van der Waals surface area contributed by atoms with Gasteiger partial charge in [0, 0.05) is 23.5 Å². The van der Waals surface area contributed by atoms with Gasteiger partial charge in [-0.1, -0.05) is 18.2 Å².